The predicted octanol–water partition coefficient (Wildman–Crippen LogP) is 2.60. The van der Waals surface area contributed by atoms with Gasteiger partial charge in [-0.2, -0.15) is 0 Å². The Morgan fingerprint density at radius 2 is 2.00 bits per heavy atom. The molecular weight excluding hydrogens is 326 g/mol. The molecule has 0 aromatic rings. The summed E-state index contributed by atoms with van der Waals surface area (Å²) in [5, 5.41) is 9.55. The first-order valence-electron chi connectivity index (χ1n) is 10.5. The van der Waals surface area contributed by atoms with Gasteiger partial charge in [-0.15, -0.1) is 0 Å². The number of hydrogen-bond donors (Lipinski definition) is 1. The Kier molecular flexibility index (Phi) is 3.48. The molecule has 5 saturated carbocycles. The Balaban J connectivity index is 1.65. The summed E-state index contributed by atoms with van der Waals surface area (Å²) in [5.74, 6) is 1.21. The Morgan fingerprint density at radius 3 is 2.77 bits per heavy atom. The Labute approximate surface area is 156 Å². The number of aliphatic hydroxyl groups excluding tert-OH is 1. The van der Waals surface area contributed by atoms with Gasteiger partial charge in [-0.1, -0.05) is 19.9 Å². The highest BCUT2D eigenvalue weighted by Gasteiger charge is 2.72. The van der Waals surface area contributed by atoms with Gasteiger partial charge in [0.25, 0.3) is 0 Å². The Morgan fingerprint density at radius 1 is 1.19 bits per heavy atom. The highest BCUT2D eigenvalue weighted by atomic mass is 16.3. The molecule has 6 aliphatic rings. The summed E-state index contributed by atoms with van der Waals surface area (Å²) in [4.78, 5) is 29.2. The fourth-order valence-corrected chi connectivity index (χ4v) is 8.29. The molecule has 4 bridgehead atoms. The van der Waals surface area contributed by atoms with E-state index in [1.807, 2.05) is 0 Å². The highest BCUT2D eigenvalue weighted by molar-refractivity contribution is 6.16. The fraction of sp³-hybridized carbons (Fsp3) is 0.818. The van der Waals surface area contributed by atoms with Gasteiger partial charge in [-0.05, 0) is 66.3 Å². The van der Waals surface area contributed by atoms with Crippen LogP contribution in [-0.4, -0.2) is 47.8 Å². The number of rotatable bonds is 2. The second-order valence-electron chi connectivity index (χ2n) is 10.2. The van der Waals surface area contributed by atoms with Crippen molar-refractivity contribution in [3.8, 4) is 0 Å². The van der Waals surface area contributed by atoms with Crippen molar-refractivity contribution in [2.45, 2.75) is 51.9 Å². The van der Waals surface area contributed by atoms with Crippen molar-refractivity contribution < 1.29 is 14.7 Å². The van der Waals surface area contributed by atoms with Gasteiger partial charge in [-0.3, -0.25) is 14.5 Å². The van der Waals surface area contributed by atoms with Crippen molar-refractivity contribution in [3.63, 3.8) is 0 Å². The first-order valence-corrected chi connectivity index (χ1v) is 10.5. The number of hydrogen-bond acceptors (Lipinski definition) is 4. The van der Waals surface area contributed by atoms with Crippen LogP contribution in [0, 0.1) is 34.0 Å². The van der Waals surface area contributed by atoms with Gasteiger partial charge in [0.2, 0.25) is 0 Å². The molecule has 1 heterocycles. The number of allylic oxidation sites excluding steroid dienone is 1. The van der Waals surface area contributed by atoms with Gasteiger partial charge in [-0.25, -0.2) is 0 Å². The fourth-order valence-electron chi connectivity index (χ4n) is 8.29. The highest BCUT2D eigenvalue weighted by Crippen LogP contribution is 2.71. The van der Waals surface area contributed by atoms with E-state index in [9.17, 15) is 14.7 Å². The van der Waals surface area contributed by atoms with Crippen molar-refractivity contribution in [1.82, 2.24) is 4.90 Å². The summed E-state index contributed by atoms with van der Waals surface area (Å²) in [6, 6.07) is 0. The quantitative estimate of drug-likeness (QED) is 0.610. The topological polar surface area (TPSA) is 57.6 Å². The van der Waals surface area contributed by atoms with Crippen molar-refractivity contribution in [2.24, 2.45) is 34.0 Å². The van der Waals surface area contributed by atoms with E-state index in [2.05, 4.69) is 18.4 Å². The molecule has 0 radical (unpaired) electrons. The number of Topliss-reactive ketones (excluding diaryl/α,β-unsaturated/α-hetero) is 2. The molecule has 0 amide bonds. The van der Waals surface area contributed by atoms with Crippen LogP contribution in [0.15, 0.2) is 12.2 Å². The average molecular weight is 357 g/mol. The minimum Gasteiger partial charge on any atom is -0.395 e. The molecule has 142 valence electrons. The zero-order chi connectivity index (χ0) is 18.3. The van der Waals surface area contributed by atoms with Gasteiger partial charge in [0.05, 0.1) is 12.0 Å². The minimum atomic E-state index is -0.761. The number of nitrogens with zero attached hydrogens (tertiary/aromatic N) is 1. The van der Waals surface area contributed by atoms with Gasteiger partial charge in [0.1, 0.15) is 5.78 Å². The van der Waals surface area contributed by atoms with Gasteiger partial charge in [0.15, 0.2) is 5.78 Å². The monoisotopic (exact) mass is 357 g/mol. The van der Waals surface area contributed by atoms with Crippen LogP contribution in [0.2, 0.25) is 0 Å². The van der Waals surface area contributed by atoms with Crippen LogP contribution in [0.25, 0.3) is 0 Å². The van der Waals surface area contributed by atoms with E-state index in [0.717, 1.165) is 44.3 Å². The van der Waals surface area contributed by atoms with Crippen LogP contribution in [0.3, 0.4) is 0 Å². The van der Waals surface area contributed by atoms with Crippen molar-refractivity contribution in [2.75, 3.05) is 26.2 Å². The molecule has 1 spiro atoms. The van der Waals surface area contributed by atoms with E-state index in [1.165, 1.54) is 12.8 Å². The van der Waals surface area contributed by atoms with E-state index in [-0.39, 0.29) is 40.8 Å². The molecular formula is C22H31NO3. The molecule has 0 unspecified atom stereocenters. The maximum absolute atomic E-state index is 13.5. The molecule has 6 fully saturated rings. The molecule has 1 saturated heterocycles. The van der Waals surface area contributed by atoms with E-state index in [0.29, 0.717) is 18.9 Å². The number of carbonyl (C=O) groups excluding carboxylic acids is 2. The van der Waals surface area contributed by atoms with E-state index >= 15 is 0 Å². The summed E-state index contributed by atoms with van der Waals surface area (Å²) < 4.78 is 0. The summed E-state index contributed by atoms with van der Waals surface area (Å²) >= 11 is 0. The number of β-amino-alcohol motifs (C(OH)–C–C–N with tert-alkyl or cyclic N) is 1. The lowest BCUT2D eigenvalue weighted by Crippen LogP contribution is -2.72. The molecule has 1 N–H and O–H groups in total. The number of piperidine rings is 1. The number of fused-ring (bicyclic) bond motifs is 2. The van der Waals surface area contributed by atoms with Crippen LogP contribution < -0.4 is 0 Å². The summed E-state index contributed by atoms with van der Waals surface area (Å²) in [7, 11) is 0. The summed E-state index contributed by atoms with van der Waals surface area (Å²) in [6.07, 6.45) is 6.80. The van der Waals surface area contributed by atoms with Crippen LogP contribution in [0.4, 0.5) is 0 Å². The van der Waals surface area contributed by atoms with E-state index in [4.69, 9.17) is 0 Å². The lowest BCUT2D eigenvalue weighted by molar-refractivity contribution is -0.211. The van der Waals surface area contributed by atoms with Crippen LogP contribution in [0.1, 0.15) is 51.9 Å². The number of likely N-dealkylation sites (tertiary alicyclic amines) is 1. The second kappa shape index (κ2) is 5.29. The molecule has 1 aliphatic heterocycles. The normalized spacial score (nSPS) is 50.5. The van der Waals surface area contributed by atoms with Gasteiger partial charge < -0.3 is 5.11 Å². The van der Waals surface area contributed by atoms with E-state index < -0.39 is 5.41 Å². The predicted molar refractivity (Wildman–Crippen MR) is 98.4 cm³/mol. The third kappa shape index (κ3) is 1.83. The second-order valence-corrected chi connectivity index (χ2v) is 10.2. The van der Waals surface area contributed by atoms with E-state index in [1.54, 1.807) is 0 Å². The maximum Gasteiger partial charge on any atom is 0.172 e. The van der Waals surface area contributed by atoms with Gasteiger partial charge in [0, 0.05) is 26.1 Å². The molecule has 0 aromatic heterocycles. The molecule has 4 heteroatoms. The molecule has 6 atom stereocenters. The average Bonchev–Trinajstić information content (AvgIpc) is 2.60. The first kappa shape index (κ1) is 17.1. The van der Waals surface area contributed by atoms with Crippen molar-refractivity contribution in [1.29, 1.82) is 0 Å². The van der Waals surface area contributed by atoms with Crippen LogP contribution in [0.5, 0.6) is 0 Å². The van der Waals surface area contributed by atoms with Crippen molar-refractivity contribution in [3.05, 3.63) is 12.2 Å². The van der Waals surface area contributed by atoms with Crippen LogP contribution >= 0.6 is 0 Å². The number of carbonyl (C=O) groups is 2. The van der Waals surface area contributed by atoms with Crippen LogP contribution in [-0.2, 0) is 9.59 Å². The molecule has 5 aliphatic carbocycles. The molecule has 4 nitrogen and oxygen atoms in total. The standard InChI is InChI=1S/C22H31NO3/c1-14-15-4-7-22(19(14)26)17(10-15)21-6-3-5-20(2,16(21)11-18(22)25)12-23(13-21)8-9-24/h15-17,24H,1,3-13H2,2H3/t15-,16+,17-,20-,21-,22+/m0/s1. The third-order valence-electron chi connectivity index (χ3n) is 9.22. The molecule has 26 heavy (non-hydrogen) atoms. The first-order chi connectivity index (χ1) is 12.4. The zero-order valence-corrected chi connectivity index (χ0v) is 15.9. The maximum atomic E-state index is 13.5. The summed E-state index contributed by atoms with van der Waals surface area (Å²) in [5.41, 5.74) is 0.184. The SMILES string of the molecule is C=C1C(=O)[C@]23CC[C@H]1C[C@H]2[C@@]12CCC[C@@](C)(CN(CCO)C1)[C@H]2CC3=O. The number of aliphatic hydroxyl groups is 1. The minimum absolute atomic E-state index is 0.0728. The Bertz CT molecular complexity index is 702. The Hall–Kier alpha value is -1.00. The lowest BCUT2D eigenvalue weighted by atomic mass is 9.35. The molecule has 0 aromatic carbocycles. The van der Waals surface area contributed by atoms with Crippen molar-refractivity contribution >= 4 is 11.6 Å². The molecule has 6 rings (SSSR count). The van der Waals surface area contributed by atoms with Gasteiger partial charge >= 0.3 is 0 Å². The lowest BCUT2D eigenvalue weighted by Gasteiger charge is -2.70. The largest absolute Gasteiger partial charge is 0.395 e. The zero-order valence-electron chi connectivity index (χ0n) is 15.9. The smallest absolute Gasteiger partial charge is 0.172 e. The third-order valence-corrected chi connectivity index (χ3v) is 9.22. The summed E-state index contributed by atoms with van der Waals surface area (Å²) in [6.45, 7) is 9.29. The number of ketones is 2.